The SMILES string of the molecule is Cc1cc(Nc2nccc(C(F)(F)F)n2)cc(-c2cnn(C[C@H]3COC(=O)N3)c2)c1. The summed E-state index contributed by atoms with van der Waals surface area (Å²) >= 11 is 0. The maximum atomic E-state index is 12.9. The fourth-order valence-electron chi connectivity index (χ4n) is 3.09. The summed E-state index contributed by atoms with van der Waals surface area (Å²) in [6, 6.07) is 6.15. The first kappa shape index (κ1) is 19.7. The topological polar surface area (TPSA) is 94.0 Å². The van der Waals surface area contributed by atoms with E-state index in [0.29, 0.717) is 12.2 Å². The van der Waals surface area contributed by atoms with Gasteiger partial charge in [-0.05, 0) is 36.2 Å². The first-order valence-electron chi connectivity index (χ1n) is 9.01. The Labute approximate surface area is 169 Å². The molecule has 1 aliphatic heterocycles. The number of hydrogen-bond acceptors (Lipinski definition) is 6. The summed E-state index contributed by atoms with van der Waals surface area (Å²) in [5, 5.41) is 9.81. The molecule has 11 heteroatoms. The summed E-state index contributed by atoms with van der Waals surface area (Å²) in [4.78, 5) is 18.5. The molecule has 0 unspecified atom stereocenters. The van der Waals surface area contributed by atoms with Crippen LogP contribution >= 0.6 is 0 Å². The van der Waals surface area contributed by atoms with Crippen LogP contribution < -0.4 is 10.6 Å². The number of nitrogens with one attached hydrogen (secondary N) is 2. The second kappa shape index (κ2) is 7.65. The average Bonchev–Trinajstić information content (AvgIpc) is 3.30. The second-order valence-electron chi connectivity index (χ2n) is 6.87. The normalized spacial score (nSPS) is 16.3. The number of benzene rings is 1. The molecular formula is C19H17F3N6O2. The number of anilines is 2. The first-order chi connectivity index (χ1) is 14.3. The summed E-state index contributed by atoms with van der Waals surface area (Å²) in [5.74, 6) is -0.144. The molecule has 3 heterocycles. The van der Waals surface area contributed by atoms with Crippen molar-refractivity contribution in [1.29, 1.82) is 0 Å². The zero-order valence-corrected chi connectivity index (χ0v) is 15.8. The van der Waals surface area contributed by atoms with Crippen LogP contribution in [0, 0.1) is 6.92 Å². The molecule has 2 aromatic heterocycles. The molecule has 0 saturated carbocycles. The van der Waals surface area contributed by atoms with Crippen LogP contribution in [0.15, 0.2) is 42.9 Å². The van der Waals surface area contributed by atoms with Crippen molar-refractivity contribution in [2.75, 3.05) is 11.9 Å². The quantitative estimate of drug-likeness (QED) is 0.659. The smallest absolute Gasteiger partial charge is 0.433 e. The van der Waals surface area contributed by atoms with Gasteiger partial charge in [0.05, 0.1) is 18.8 Å². The second-order valence-corrected chi connectivity index (χ2v) is 6.87. The number of alkyl carbamates (subject to hydrolysis) is 1. The van der Waals surface area contributed by atoms with Gasteiger partial charge >= 0.3 is 12.3 Å². The molecule has 30 heavy (non-hydrogen) atoms. The van der Waals surface area contributed by atoms with Crippen molar-refractivity contribution in [2.24, 2.45) is 0 Å². The Morgan fingerprint density at radius 3 is 2.87 bits per heavy atom. The van der Waals surface area contributed by atoms with E-state index in [1.165, 1.54) is 0 Å². The highest BCUT2D eigenvalue weighted by atomic mass is 19.4. The van der Waals surface area contributed by atoms with Crippen LogP contribution in [0.2, 0.25) is 0 Å². The molecule has 1 aromatic carbocycles. The highest BCUT2D eigenvalue weighted by molar-refractivity contribution is 5.70. The third-order valence-corrected chi connectivity index (χ3v) is 4.39. The summed E-state index contributed by atoms with van der Waals surface area (Å²) in [6.07, 6.45) is -0.431. The average molecular weight is 418 g/mol. The molecule has 0 aliphatic carbocycles. The van der Waals surface area contributed by atoms with E-state index in [1.54, 1.807) is 23.0 Å². The number of alkyl halides is 3. The van der Waals surface area contributed by atoms with Crippen molar-refractivity contribution in [3.63, 3.8) is 0 Å². The van der Waals surface area contributed by atoms with Gasteiger partial charge in [-0.1, -0.05) is 6.07 Å². The monoisotopic (exact) mass is 418 g/mol. The lowest BCUT2D eigenvalue weighted by molar-refractivity contribution is -0.141. The number of amides is 1. The van der Waals surface area contributed by atoms with Gasteiger partial charge in [-0.3, -0.25) is 4.68 Å². The molecule has 1 fully saturated rings. The molecule has 1 aliphatic rings. The Balaban J connectivity index is 1.53. The van der Waals surface area contributed by atoms with Crippen LogP contribution in [-0.4, -0.2) is 38.5 Å². The van der Waals surface area contributed by atoms with E-state index in [4.69, 9.17) is 4.74 Å². The Kier molecular flexibility index (Phi) is 5.02. The summed E-state index contributed by atoms with van der Waals surface area (Å²) in [7, 11) is 0. The molecule has 0 radical (unpaired) electrons. The maximum absolute atomic E-state index is 12.9. The Hall–Kier alpha value is -3.63. The van der Waals surface area contributed by atoms with Gasteiger partial charge in [0.15, 0.2) is 0 Å². The van der Waals surface area contributed by atoms with Crippen molar-refractivity contribution >= 4 is 17.7 Å². The van der Waals surface area contributed by atoms with Crippen molar-refractivity contribution in [3.05, 3.63) is 54.1 Å². The van der Waals surface area contributed by atoms with Gasteiger partial charge in [-0.2, -0.15) is 18.3 Å². The van der Waals surface area contributed by atoms with Crippen molar-refractivity contribution in [2.45, 2.75) is 25.7 Å². The zero-order chi connectivity index (χ0) is 21.3. The number of aromatic nitrogens is 4. The minimum Gasteiger partial charge on any atom is -0.447 e. The molecule has 156 valence electrons. The molecule has 3 aromatic rings. The number of hydrogen-bond donors (Lipinski definition) is 2. The predicted octanol–water partition coefficient (Wildman–Crippen LogP) is 3.52. The van der Waals surface area contributed by atoms with Crippen LogP contribution in [0.25, 0.3) is 11.1 Å². The molecule has 1 atom stereocenters. The highest BCUT2D eigenvalue weighted by Crippen LogP contribution is 2.29. The molecule has 1 amide bonds. The summed E-state index contributed by atoms with van der Waals surface area (Å²) in [6.45, 7) is 2.61. The lowest BCUT2D eigenvalue weighted by Gasteiger charge is -2.10. The fourth-order valence-corrected chi connectivity index (χ4v) is 3.09. The number of nitrogens with zero attached hydrogens (tertiary/aromatic N) is 4. The van der Waals surface area contributed by atoms with Gasteiger partial charge in [0.1, 0.15) is 12.3 Å². The van der Waals surface area contributed by atoms with Gasteiger partial charge < -0.3 is 15.4 Å². The van der Waals surface area contributed by atoms with Gasteiger partial charge in [0.25, 0.3) is 0 Å². The molecular weight excluding hydrogens is 401 g/mol. The molecule has 2 N–H and O–H groups in total. The summed E-state index contributed by atoms with van der Waals surface area (Å²) in [5.41, 5.74) is 2.07. The van der Waals surface area contributed by atoms with Gasteiger partial charge in [-0.25, -0.2) is 14.8 Å². The van der Waals surface area contributed by atoms with Crippen LogP contribution in [0.4, 0.5) is 29.6 Å². The van der Waals surface area contributed by atoms with E-state index < -0.39 is 18.0 Å². The van der Waals surface area contributed by atoms with E-state index in [0.717, 1.165) is 29.0 Å². The number of halogens is 3. The third kappa shape index (κ3) is 4.50. The number of rotatable bonds is 5. The standard InChI is InChI=1S/C19H17F3N6O2/c1-11-4-12(13-7-24-28(8-13)9-15-10-30-18(29)26-15)6-14(5-11)25-17-23-3-2-16(27-17)19(20,21)22/h2-8,15H,9-10H2,1H3,(H,26,29)(H,23,25,27)/t15-/m0/s1. The van der Waals surface area contributed by atoms with Gasteiger partial charge in [0.2, 0.25) is 5.95 Å². The van der Waals surface area contributed by atoms with Gasteiger partial charge in [-0.15, -0.1) is 0 Å². The van der Waals surface area contributed by atoms with Crippen molar-refractivity contribution < 1.29 is 22.7 Å². The Bertz CT molecular complexity index is 1080. The van der Waals surface area contributed by atoms with Crippen LogP contribution in [-0.2, 0) is 17.5 Å². The lowest BCUT2D eigenvalue weighted by Crippen LogP contribution is -2.30. The van der Waals surface area contributed by atoms with E-state index in [9.17, 15) is 18.0 Å². The van der Waals surface area contributed by atoms with E-state index >= 15 is 0 Å². The molecule has 0 spiro atoms. The zero-order valence-electron chi connectivity index (χ0n) is 15.8. The number of carbonyl (C=O) groups excluding carboxylic acids is 1. The Morgan fingerprint density at radius 2 is 2.13 bits per heavy atom. The van der Waals surface area contributed by atoms with Crippen molar-refractivity contribution in [3.8, 4) is 11.1 Å². The highest BCUT2D eigenvalue weighted by Gasteiger charge is 2.32. The minimum atomic E-state index is -4.55. The molecule has 0 bridgehead atoms. The number of cyclic esters (lactones) is 1. The fraction of sp³-hybridized carbons (Fsp3) is 0.263. The molecule has 1 saturated heterocycles. The maximum Gasteiger partial charge on any atom is 0.433 e. The van der Waals surface area contributed by atoms with Crippen LogP contribution in [0.3, 0.4) is 0 Å². The van der Waals surface area contributed by atoms with Crippen LogP contribution in [0.5, 0.6) is 0 Å². The first-order valence-corrected chi connectivity index (χ1v) is 9.01. The van der Waals surface area contributed by atoms with E-state index in [-0.39, 0.29) is 18.6 Å². The lowest BCUT2D eigenvalue weighted by atomic mass is 10.1. The number of aryl methyl sites for hydroxylation is 1. The number of ether oxygens (including phenoxy) is 1. The largest absolute Gasteiger partial charge is 0.447 e. The minimum absolute atomic E-state index is 0.144. The van der Waals surface area contributed by atoms with E-state index in [1.807, 2.05) is 19.2 Å². The summed E-state index contributed by atoms with van der Waals surface area (Å²) < 4.78 is 45.2. The predicted molar refractivity (Wildman–Crippen MR) is 101 cm³/mol. The molecule has 8 nitrogen and oxygen atoms in total. The Morgan fingerprint density at radius 1 is 1.30 bits per heavy atom. The third-order valence-electron chi connectivity index (χ3n) is 4.39. The number of carbonyl (C=O) groups is 1. The van der Waals surface area contributed by atoms with Gasteiger partial charge in [0, 0.05) is 23.6 Å². The van der Waals surface area contributed by atoms with E-state index in [2.05, 4.69) is 25.7 Å². The van der Waals surface area contributed by atoms with Crippen molar-refractivity contribution in [1.82, 2.24) is 25.1 Å². The molecule has 4 rings (SSSR count). The van der Waals surface area contributed by atoms with Crippen LogP contribution in [0.1, 0.15) is 11.3 Å².